The SMILES string of the molecule is O=CC(Cc1ccc(OCc2ccccc2)cc1)c1ccccn1. The molecule has 0 radical (unpaired) electrons. The van der Waals surface area contributed by atoms with Gasteiger partial charge in [0.05, 0.1) is 11.6 Å². The lowest BCUT2D eigenvalue weighted by Crippen LogP contribution is -2.06. The van der Waals surface area contributed by atoms with Gasteiger partial charge in [0.15, 0.2) is 0 Å². The van der Waals surface area contributed by atoms with Crippen LogP contribution >= 0.6 is 0 Å². The lowest BCUT2D eigenvalue weighted by atomic mass is 9.97. The maximum Gasteiger partial charge on any atom is 0.129 e. The van der Waals surface area contributed by atoms with Crippen molar-refractivity contribution in [3.05, 3.63) is 95.8 Å². The molecule has 0 amide bonds. The molecule has 1 heterocycles. The predicted molar refractivity (Wildman–Crippen MR) is 94.0 cm³/mol. The van der Waals surface area contributed by atoms with Crippen LogP contribution < -0.4 is 4.74 Å². The summed E-state index contributed by atoms with van der Waals surface area (Å²) in [5.74, 6) is 0.602. The van der Waals surface area contributed by atoms with E-state index in [0.717, 1.165) is 28.9 Å². The Kier molecular flexibility index (Phi) is 5.36. The van der Waals surface area contributed by atoms with E-state index in [1.54, 1.807) is 6.20 Å². The summed E-state index contributed by atoms with van der Waals surface area (Å²) in [6.07, 6.45) is 3.31. The molecule has 1 aromatic heterocycles. The molecule has 0 saturated carbocycles. The normalized spacial score (nSPS) is 11.7. The number of ether oxygens (including phenoxy) is 1. The number of rotatable bonds is 7. The molecule has 3 aromatic rings. The molecular formula is C21H19NO2. The fourth-order valence-corrected chi connectivity index (χ4v) is 2.53. The van der Waals surface area contributed by atoms with Gasteiger partial charge in [0.1, 0.15) is 18.6 Å². The second-order valence-corrected chi connectivity index (χ2v) is 5.62. The van der Waals surface area contributed by atoms with Gasteiger partial charge in [-0.2, -0.15) is 0 Å². The van der Waals surface area contributed by atoms with Crippen molar-refractivity contribution in [3.63, 3.8) is 0 Å². The molecule has 120 valence electrons. The van der Waals surface area contributed by atoms with E-state index in [1.807, 2.05) is 72.8 Å². The molecule has 1 atom stereocenters. The van der Waals surface area contributed by atoms with Crippen LogP contribution in [-0.4, -0.2) is 11.3 Å². The van der Waals surface area contributed by atoms with Crippen molar-refractivity contribution >= 4 is 6.29 Å². The number of benzene rings is 2. The lowest BCUT2D eigenvalue weighted by molar-refractivity contribution is -0.109. The number of hydrogen-bond acceptors (Lipinski definition) is 3. The molecule has 0 aliphatic carbocycles. The van der Waals surface area contributed by atoms with E-state index in [2.05, 4.69) is 4.98 Å². The number of aromatic nitrogens is 1. The molecule has 3 nitrogen and oxygen atoms in total. The first-order valence-corrected chi connectivity index (χ1v) is 7.97. The Morgan fingerprint density at radius 2 is 1.62 bits per heavy atom. The maximum atomic E-state index is 11.4. The van der Waals surface area contributed by atoms with Crippen molar-refractivity contribution in [2.75, 3.05) is 0 Å². The van der Waals surface area contributed by atoms with E-state index in [0.29, 0.717) is 13.0 Å². The zero-order chi connectivity index (χ0) is 16.6. The van der Waals surface area contributed by atoms with Crippen LogP contribution in [-0.2, 0) is 17.8 Å². The number of aldehydes is 1. The maximum absolute atomic E-state index is 11.4. The molecule has 3 rings (SSSR count). The van der Waals surface area contributed by atoms with Crippen molar-refractivity contribution in [1.82, 2.24) is 4.98 Å². The summed E-state index contributed by atoms with van der Waals surface area (Å²) in [4.78, 5) is 15.6. The van der Waals surface area contributed by atoms with Crippen LogP contribution in [0.3, 0.4) is 0 Å². The van der Waals surface area contributed by atoms with E-state index in [9.17, 15) is 4.79 Å². The Bertz CT molecular complexity index is 755. The molecule has 1 unspecified atom stereocenters. The largest absolute Gasteiger partial charge is 0.489 e. The van der Waals surface area contributed by atoms with Crippen LogP contribution in [0.15, 0.2) is 79.0 Å². The third-order valence-electron chi connectivity index (χ3n) is 3.86. The van der Waals surface area contributed by atoms with Gasteiger partial charge in [-0.25, -0.2) is 0 Å². The zero-order valence-corrected chi connectivity index (χ0v) is 13.3. The molecule has 0 bridgehead atoms. The molecule has 0 fully saturated rings. The standard InChI is InChI=1S/C21H19NO2/c23-15-19(21-8-4-5-13-22-21)14-17-9-11-20(12-10-17)24-16-18-6-2-1-3-7-18/h1-13,15,19H,14,16H2. The van der Waals surface area contributed by atoms with E-state index in [-0.39, 0.29) is 5.92 Å². The fourth-order valence-electron chi connectivity index (χ4n) is 2.53. The second-order valence-electron chi connectivity index (χ2n) is 5.62. The van der Waals surface area contributed by atoms with Gasteiger partial charge < -0.3 is 9.53 Å². The molecule has 0 aliphatic rings. The summed E-state index contributed by atoms with van der Waals surface area (Å²) >= 11 is 0. The average molecular weight is 317 g/mol. The fraction of sp³-hybridized carbons (Fsp3) is 0.143. The monoisotopic (exact) mass is 317 g/mol. The van der Waals surface area contributed by atoms with E-state index in [4.69, 9.17) is 4.74 Å². The lowest BCUT2D eigenvalue weighted by Gasteiger charge is -2.11. The van der Waals surface area contributed by atoms with Gasteiger partial charge in [0.25, 0.3) is 0 Å². The number of nitrogens with zero attached hydrogens (tertiary/aromatic N) is 1. The van der Waals surface area contributed by atoms with Gasteiger partial charge in [-0.1, -0.05) is 48.5 Å². The minimum Gasteiger partial charge on any atom is -0.489 e. The van der Waals surface area contributed by atoms with Crippen molar-refractivity contribution in [1.29, 1.82) is 0 Å². The smallest absolute Gasteiger partial charge is 0.129 e. The minimum absolute atomic E-state index is 0.220. The Labute approximate surface area is 142 Å². The minimum atomic E-state index is -0.220. The third-order valence-corrected chi connectivity index (χ3v) is 3.86. The average Bonchev–Trinajstić information content (AvgIpc) is 2.67. The first-order valence-electron chi connectivity index (χ1n) is 7.97. The molecule has 0 aliphatic heterocycles. The number of carbonyl (C=O) groups is 1. The zero-order valence-electron chi connectivity index (χ0n) is 13.3. The van der Waals surface area contributed by atoms with Crippen molar-refractivity contribution in [2.45, 2.75) is 18.9 Å². The van der Waals surface area contributed by atoms with Gasteiger partial charge in [-0.05, 0) is 41.8 Å². The Morgan fingerprint density at radius 1 is 0.875 bits per heavy atom. The molecule has 0 N–H and O–H groups in total. The highest BCUT2D eigenvalue weighted by Gasteiger charge is 2.12. The topological polar surface area (TPSA) is 39.2 Å². The van der Waals surface area contributed by atoms with Crippen LogP contribution in [0.4, 0.5) is 0 Å². The number of carbonyl (C=O) groups excluding carboxylic acids is 1. The highest BCUT2D eigenvalue weighted by molar-refractivity contribution is 5.61. The van der Waals surface area contributed by atoms with Gasteiger partial charge in [0.2, 0.25) is 0 Å². The molecule has 24 heavy (non-hydrogen) atoms. The Morgan fingerprint density at radius 3 is 2.29 bits per heavy atom. The summed E-state index contributed by atoms with van der Waals surface area (Å²) in [5, 5.41) is 0. The first kappa shape index (κ1) is 15.9. The van der Waals surface area contributed by atoms with Gasteiger partial charge >= 0.3 is 0 Å². The highest BCUT2D eigenvalue weighted by Crippen LogP contribution is 2.20. The van der Waals surface area contributed by atoms with Crippen LogP contribution in [0.1, 0.15) is 22.7 Å². The van der Waals surface area contributed by atoms with E-state index >= 15 is 0 Å². The van der Waals surface area contributed by atoms with E-state index < -0.39 is 0 Å². The summed E-state index contributed by atoms with van der Waals surface area (Å²) < 4.78 is 5.78. The van der Waals surface area contributed by atoms with Gasteiger partial charge in [-0.15, -0.1) is 0 Å². The van der Waals surface area contributed by atoms with Crippen LogP contribution in [0.5, 0.6) is 5.75 Å². The van der Waals surface area contributed by atoms with Gasteiger partial charge in [-0.3, -0.25) is 4.98 Å². The summed E-state index contributed by atoms with van der Waals surface area (Å²) in [6, 6.07) is 23.6. The second kappa shape index (κ2) is 8.06. The molecule has 2 aromatic carbocycles. The summed E-state index contributed by atoms with van der Waals surface area (Å²) in [6.45, 7) is 0.547. The number of hydrogen-bond donors (Lipinski definition) is 0. The summed E-state index contributed by atoms with van der Waals surface area (Å²) in [7, 11) is 0. The predicted octanol–water partition coefficient (Wildman–Crippen LogP) is 4.19. The molecular weight excluding hydrogens is 298 g/mol. The molecule has 0 saturated heterocycles. The molecule has 3 heteroatoms. The van der Waals surface area contributed by atoms with Crippen LogP contribution in [0.25, 0.3) is 0 Å². The first-order chi connectivity index (χ1) is 11.8. The third kappa shape index (κ3) is 4.29. The Hall–Kier alpha value is -2.94. The van der Waals surface area contributed by atoms with Crippen molar-refractivity contribution in [3.8, 4) is 5.75 Å². The summed E-state index contributed by atoms with van der Waals surface area (Å²) in [5.41, 5.74) is 3.03. The van der Waals surface area contributed by atoms with Crippen LogP contribution in [0, 0.1) is 0 Å². The van der Waals surface area contributed by atoms with E-state index in [1.165, 1.54) is 0 Å². The number of pyridine rings is 1. The highest BCUT2D eigenvalue weighted by atomic mass is 16.5. The van der Waals surface area contributed by atoms with Gasteiger partial charge in [0, 0.05) is 6.20 Å². The van der Waals surface area contributed by atoms with Crippen molar-refractivity contribution < 1.29 is 9.53 Å². The quantitative estimate of drug-likeness (QED) is 0.614. The van der Waals surface area contributed by atoms with Crippen molar-refractivity contribution in [2.24, 2.45) is 0 Å². The molecule has 0 spiro atoms. The van der Waals surface area contributed by atoms with Crippen LogP contribution in [0.2, 0.25) is 0 Å². The Balaban J connectivity index is 1.61.